The highest BCUT2D eigenvalue weighted by Crippen LogP contribution is 2.34. The zero-order chi connectivity index (χ0) is 21.6. The van der Waals surface area contributed by atoms with Gasteiger partial charge in [0.1, 0.15) is 0 Å². The van der Waals surface area contributed by atoms with Gasteiger partial charge in [0, 0.05) is 13.1 Å². The quantitative estimate of drug-likeness (QED) is 0.760. The molecular weight excluding hydrogens is 383 g/mol. The first-order valence-corrected chi connectivity index (χ1v) is 9.05. The fourth-order valence-corrected chi connectivity index (χ4v) is 2.79. The van der Waals surface area contributed by atoms with Gasteiger partial charge in [0.25, 0.3) is 0 Å². The van der Waals surface area contributed by atoms with E-state index in [1.807, 2.05) is 42.2 Å². The maximum Gasteiger partial charge on any atom is 0.418 e. The summed E-state index contributed by atoms with van der Waals surface area (Å²) in [6.45, 7) is 1.68. The van der Waals surface area contributed by atoms with E-state index in [2.05, 4.69) is 5.32 Å². The normalized spacial score (nSPS) is 12.5. The zero-order valence-corrected chi connectivity index (χ0v) is 16.5. The van der Waals surface area contributed by atoms with E-state index in [0.29, 0.717) is 0 Å². The summed E-state index contributed by atoms with van der Waals surface area (Å²) in [5, 5.41) is 2.24. The van der Waals surface area contributed by atoms with Crippen molar-refractivity contribution >= 4 is 17.5 Å². The maximum absolute atomic E-state index is 13.0. The first-order chi connectivity index (χ1) is 13.6. The van der Waals surface area contributed by atoms with Crippen LogP contribution in [0.3, 0.4) is 0 Å². The molecule has 0 heterocycles. The number of para-hydroxylation sites is 1. The number of carbonyl (C=O) groups is 2. The Bertz CT molecular complexity index is 841. The molecule has 5 nitrogen and oxygen atoms in total. The molecule has 2 aromatic carbocycles. The first-order valence-electron chi connectivity index (χ1n) is 9.05. The molecule has 29 heavy (non-hydrogen) atoms. The van der Waals surface area contributed by atoms with Gasteiger partial charge in [0.05, 0.1) is 24.3 Å². The van der Waals surface area contributed by atoms with Crippen molar-refractivity contribution in [3.8, 4) is 0 Å². The van der Waals surface area contributed by atoms with Crippen LogP contribution in [0.15, 0.2) is 54.6 Å². The number of hydrogen-bond acceptors (Lipinski definition) is 3. The molecule has 0 radical (unpaired) electrons. The third kappa shape index (κ3) is 6.32. The number of amides is 2. The topological polar surface area (TPSA) is 52.7 Å². The molecule has 0 aliphatic carbocycles. The standard InChI is InChI=1S/C21H24F3N3O2/c1-15(16-9-5-4-6-10-16)26(2)14-20(29)27(3)13-19(28)25-18-12-8-7-11-17(18)21(22,23)24/h4-12,15H,13-14H2,1-3H3,(H,25,28)/t15-/m1/s1. The van der Waals surface area contributed by atoms with E-state index in [4.69, 9.17) is 0 Å². The van der Waals surface area contributed by atoms with Crippen LogP contribution in [0.4, 0.5) is 18.9 Å². The number of benzene rings is 2. The van der Waals surface area contributed by atoms with E-state index in [1.54, 1.807) is 7.05 Å². The summed E-state index contributed by atoms with van der Waals surface area (Å²) < 4.78 is 39.1. The lowest BCUT2D eigenvalue weighted by Crippen LogP contribution is -2.41. The van der Waals surface area contributed by atoms with Crippen LogP contribution in [0.25, 0.3) is 0 Å². The van der Waals surface area contributed by atoms with Gasteiger partial charge in [-0.2, -0.15) is 13.2 Å². The van der Waals surface area contributed by atoms with Crippen LogP contribution in [0.1, 0.15) is 24.1 Å². The van der Waals surface area contributed by atoms with Gasteiger partial charge in [0.15, 0.2) is 0 Å². The molecule has 0 unspecified atom stereocenters. The first kappa shape index (κ1) is 22.4. The number of hydrogen-bond donors (Lipinski definition) is 1. The van der Waals surface area contributed by atoms with Crippen LogP contribution >= 0.6 is 0 Å². The predicted octanol–water partition coefficient (Wildman–Crippen LogP) is 3.80. The van der Waals surface area contributed by atoms with Gasteiger partial charge in [-0.15, -0.1) is 0 Å². The summed E-state index contributed by atoms with van der Waals surface area (Å²) in [5.74, 6) is -1.01. The highest BCUT2D eigenvalue weighted by Gasteiger charge is 2.33. The second-order valence-electron chi connectivity index (χ2n) is 6.84. The van der Waals surface area contributed by atoms with Gasteiger partial charge in [0.2, 0.25) is 11.8 Å². The van der Waals surface area contributed by atoms with Crippen molar-refractivity contribution in [2.75, 3.05) is 32.5 Å². The minimum absolute atomic E-state index is 0.0129. The molecule has 0 aliphatic rings. The van der Waals surface area contributed by atoms with Crippen molar-refractivity contribution in [1.29, 1.82) is 0 Å². The molecule has 0 aromatic heterocycles. The second kappa shape index (κ2) is 9.56. The average molecular weight is 407 g/mol. The number of carbonyl (C=O) groups excluding carboxylic acids is 2. The molecule has 0 bridgehead atoms. The second-order valence-corrected chi connectivity index (χ2v) is 6.84. The zero-order valence-electron chi connectivity index (χ0n) is 16.5. The Morgan fingerprint density at radius 2 is 1.55 bits per heavy atom. The van der Waals surface area contributed by atoms with E-state index in [-0.39, 0.29) is 30.7 Å². The number of anilines is 1. The Morgan fingerprint density at radius 1 is 0.966 bits per heavy atom. The van der Waals surface area contributed by atoms with E-state index in [9.17, 15) is 22.8 Å². The monoisotopic (exact) mass is 407 g/mol. The number of likely N-dealkylation sites (N-methyl/N-ethyl adjacent to an activating group) is 2. The number of rotatable bonds is 7. The summed E-state index contributed by atoms with van der Waals surface area (Å²) in [5.41, 5.74) is -0.216. The lowest BCUT2D eigenvalue weighted by molar-refractivity contribution is -0.137. The fraction of sp³-hybridized carbons (Fsp3) is 0.333. The van der Waals surface area contributed by atoms with Crippen LogP contribution in [-0.4, -0.2) is 48.8 Å². The molecular formula is C21H24F3N3O2. The molecule has 0 saturated carbocycles. The summed E-state index contributed by atoms with van der Waals surface area (Å²) in [7, 11) is 3.24. The minimum atomic E-state index is -4.58. The average Bonchev–Trinajstić information content (AvgIpc) is 2.67. The molecule has 156 valence electrons. The van der Waals surface area contributed by atoms with Crippen molar-refractivity contribution < 1.29 is 22.8 Å². The van der Waals surface area contributed by atoms with Gasteiger partial charge >= 0.3 is 6.18 Å². The predicted molar refractivity (Wildman–Crippen MR) is 105 cm³/mol. The minimum Gasteiger partial charge on any atom is -0.335 e. The smallest absolute Gasteiger partial charge is 0.335 e. The van der Waals surface area contributed by atoms with E-state index in [1.165, 1.54) is 30.1 Å². The Labute approximate surface area is 168 Å². The van der Waals surface area contributed by atoms with Crippen LogP contribution in [0.5, 0.6) is 0 Å². The molecule has 1 N–H and O–H groups in total. The number of nitrogens with zero attached hydrogens (tertiary/aromatic N) is 2. The van der Waals surface area contributed by atoms with Crippen molar-refractivity contribution in [1.82, 2.24) is 9.80 Å². The Hall–Kier alpha value is -2.87. The molecule has 0 fully saturated rings. The van der Waals surface area contributed by atoms with Gasteiger partial charge in [-0.1, -0.05) is 42.5 Å². The summed E-state index contributed by atoms with van der Waals surface area (Å²) in [6, 6.07) is 14.4. The van der Waals surface area contributed by atoms with E-state index >= 15 is 0 Å². The number of halogens is 3. The molecule has 0 spiro atoms. The molecule has 0 aliphatic heterocycles. The van der Waals surface area contributed by atoms with E-state index in [0.717, 1.165) is 11.6 Å². The highest BCUT2D eigenvalue weighted by molar-refractivity contribution is 5.95. The number of nitrogens with one attached hydrogen (secondary N) is 1. The van der Waals surface area contributed by atoms with E-state index < -0.39 is 17.6 Å². The molecule has 2 aromatic rings. The lowest BCUT2D eigenvalue weighted by Gasteiger charge is -2.27. The fourth-order valence-electron chi connectivity index (χ4n) is 2.79. The molecule has 2 rings (SSSR count). The molecule has 1 atom stereocenters. The molecule has 0 saturated heterocycles. The van der Waals surface area contributed by atoms with Gasteiger partial charge in [-0.05, 0) is 31.7 Å². The van der Waals surface area contributed by atoms with Crippen LogP contribution in [-0.2, 0) is 15.8 Å². The molecule has 8 heteroatoms. The van der Waals surface area contributed by atoms with Crippen molar-refractivity contribution in [2.24, 2.45) is 0 Å². The van der Waals surface area contributed by atoms with Crippen LogP contribution in [0, 0.1) is 0 Å². The summed E-state index contributed by atoms with van der Waals surface area (Å²) in [4.78, 5) is 27.6. The van der Waals surface area contributed by atoms with Gasteiger partial charge in [-0.25, -0.2) is 0 Å². The van der Waals surface area contributed by atoms with Gasteiger partial charge < -0.3 is 10.2 Å². The molecule has 2 amide bonds. The van der Waals surface area contributed by atoms with Crippen LogP contribution in [0.2, 0.25) is 0 Å². The Balaban J connectivity index is 1.93. The maximum atomic E-state index is 13.0. The summed E-state index contributed by atoms with van der Waals surface area (Å²) >= 11 is 0. The third-order valence-electron chi connectivity index (χ3n) is 4.64. The SMILES string of the molecule is C[C@H](c1ccccc1)N(C)CC(=O)N(C)CC(=O)Nc1ccccc1C(F)(F)F. The summed E-state index contributed by atoms with van der Waals surface area (Å²) in [6.07, 6.45) is -4.58. The largest absolute Gasteiger partial charge is 0.418 e. The van der Waals surface area contributed by atoms with Crippen molar-refractivity contribution in [3.63, 3.8) is 0 Å². The number of alkyl halides is 3. The lowest BCUT2D eigenvalue weighted by atomic mass is 10.1. The Morgan fingerprint density at radius 3 is 2.17 bits per heavy atom. The van der Waals surface area contributed by atoms with Crippen molar-refractivity contribution in [2.45, 2.75) is 19.1 Å². The van der Waals surface area contributed by atoms with Crippen LogP contribution < -0.4 is 5.32 Å². The Kier molecular flexibility index (Phi) is 7.39. The highest BCUT2D eigenvalue weighted by atomic mass is 19.4. The van der Waals surface area contributed by atoms with Crippen molar-refractivity contribution in [3.05, 3.63) is 65.7 Å². The van der Waals surface area contributed by atoms with Gasteiger partial charge in [-0.3, -0.25) is 14.5 Å². The third-order valence-corrected chi connectivity index (χ3v) is 4.64.